The van der Waals surface area contributed by atoms with E-state index in [1.165, 1.54) is 4.31 Å². The average molecular weight is 279 g/mol. The van der Waals surface area contributed by atoms with E-state index in [0.717, 1.165) is 31.3 Å². The Morgan fingerprint density at radius 2 is 2.29 bits per heavy atom. The van der Waals surface area contributed by atoms with Crippen LogP contribution in [0.5, 0.6) is 0 Å². The number of rotatable bonds is 3. The largest absolute Gasteiger partial charge is 0.260 e. The number of hydrogen-bond acceptors (Lipinski definition) is 3. The number of sulfonamides is 1. The number of halogens is 2. The lowest BCUT2D eigenvalue weighted by molar-refractivity contribution is 0.410. The van der Waals surface area contributed by atoms with E-state index in [1.807, 2.05) is 0 Å². The van der Waals surface area contributed by atoms with Gasteiger partial charge in [-0.3, -0.25) is 4.98 Å². The van der Waals surface area contributed by atoms with Crippen molar-refractivity contribution in [3.8, 4) is 0 Å². The van der Waals surface area contributed by atoms with E-state index in [1.54, 1.807) is 0 Å². The standard InChI is InChI=1S/C10H12ClFN2O2S/c11-5-9-2-1-3-14(9)17(15,16)10-4-8(12)6-13-7-10/h4,6-7,9H,1-3,5H2. The number of hydrogen-bond donors (Lipinski definition) is 0. The van der Waals surface area contributed by atoms with Gasteiger partial charge in [0.05, 0.1) is 6.20 Å². The predicted molar refractivity (Wildman–Crippen MR) is 61.8 cm³/mol. The van der Waals surface area contributed by atoms with Crippen LogP contribution in [0.2, 0.25) is 0 Å². The fourth-order valence-corrected chi connectivity index (χ4v) is 4.02. The minimum atomic E-state index is -3.68. The van der Waals surface area contributed by atoms with Gasteiger partial charge >= 0.3 is 0 Å². The van der Waals surface area contributed by atoms with Gasteiger partial charge in [-0.15, -0.1) is 11.6 Å². The Labute approximate surface area is 104 Å². The fraction of sp³-hybridized carbons (Fsp3) is 0.500. The zero-order valence-electron chi connectivity index (χ0n) is 9.01. The molecule has 0 bridgehead atoms. The minimum Gasteiger partial charge on any atom is -0.260 e. The first kappa shape index (κ1) is 12.7. The maximum atomic E-state index is 13.0. The molecule has 1 aliphatic rings. The summed E-state index contributed by atoms with van der Waals surface area (Å²) in [6.07, 6.45) is 3.65. The lowest BCUT2D eigenvalue weighted by Gasteiger charge is -2.21. The molecule has 0 saturated carbocycles. The molecule has 0 N–H and O–H groups in total. The van der Waals surface area contributed by atoms with Crippen LogP contribution in [0.3, 0.4) is 0 Å². The van der Waals surface area contributed by atoms with Crippen molar-refractivity contribution in [1.82, 2.24) is 9.29 Å². The summed E-state index contributed by atoms with van der Waals surface area (Å²) in [5.41, 5.74) is 0. The Morgan fingerprint density at radius 1 is 1.53 bits per heavy atom. The van der Waals surface area contributed by atoms with Crippen molar-refractivity contribution in [3.05, 3.63) is 24.3 Å². The molecule has 1 aromatic heterocycles. The van der Waals surface area contributed by atoms with Crippen molar-refractivity contribution in [2.75, 3.05) is 12.4 Å². The minimum absolute atomic E-state index is 0.116. The second-order valence-electron chi connectivity index (χ2n) is 3.90. The molecule has 2 rings (SSSR count). The number of aromatic nitrogens is 1. The monoisotopic (exact) mass is 278 g/mol. The quantitative estimate of drug-likeness (QED) is 0.790. The number of nitrogens with zero attached hydrogens (tertiary/aromatic N) is 2. The van der Waals surface area contributed by atoms with Crippen LogP contribution < -0.4 is 0 Å². The molecule has 0 amide bonds. The number of alkyl halides is 1. The maximum Gasteiger partial charge on any atom is 0.245 e. The summed E-state index contributed by atoms with van der Waals surface area (Å²) in [4.78, 5) is 3.44. The Kier molecular flexibility index (Phi) is 3.65. The highest BCUT2D eigenvalue weighted by atomic mass is 35.5. The van der Waals surface area contributed by atoms with Gasteiger partial charge in [-0.25, -0.2) is 12.8 Å². The molecule has 0 spiro atoms. The normalized spacial score (nSPS) is 21.9. The molecule has 2 heterocycles. The zero-order valence-corrected chi connectivity index (χ0v) is 10.6. The third kappa shape index (κ3) is 2.43. The first-order valence-electron chi connectivity index (χ1n) is 5.24. The van der Waals surface area contributed by atoms with E-state index in [2.05, 4.69) is 4.98 Å². The highest BCUT2D eigenvalue weighted by molar-refractivity contribution is 7.89. The molecule has 94 valence electrons. The van der Waals surface area contributed by atoms with Crippen LogP contribution in [0.1, 0.15) is 12.8 Å². The van der Waals surface area contributed by atoms with Crippen molar-refractivity contribution < 1.29 is 12.8 Å². The molecule has 4 nitrogen and oxygen atoms in total. The molecule has 1 aliphatic heterocycles. The first-order chi connectivity index (χ1) is 8.05. The Morgan fingerprint density at radius 3 is 2.94 bits per heavy atom. The second kappa shape index (κ2) is 4.88. The lowest BCUT2D eigenvalue weighted by Crippen LogP contribution is -2.36. The van der Waals surface area contributed by atoms with Gasteiger partial charge in [0.2, 0.25) is 10.0 Å². The summed E-state index contributed by atoms with van der Waals surface area (Å²) >= 11 is 5.73. The smallest absolute Gasteiger partial charge is 0.245 e. The Balaban J connectivity index is 2.36. The highest BCUT2D eigenvalue weighted by Gasteiger charge is 2.34. The molecule has 7 heteroatoms. The molecule has 17 heavy (non-hydrogen) atoms. The van der Waals surface area contributed by atoms with E-state index in [-0.39, 0.29) is 16.8 Å². The van der Waals surface area contributed by atoms with Crippen LogP contribution in [-0.4, -0.2) is 36.2 Å². The molecular weight excluding hydrogens is 267 g/mol. The fourth-order valence-electron chi connectivity index (χ4n) is 1.95. The summed E-state index contributed by atoms with van der Waals surface area (Å²) in [5, 5.41) is 0. The van der Waals surface area contributed by atoms with Gasteiger partial charge in [0.1, 0.15) is 10.7 Å². The van der Waals surface area contributed by atoms with E-state index >= 15 is 0 Å². The third-order valence-corrected chi connectivity index (χ3v) is 5.06. The molecular formula is C10H12ClFN2O2S. The Bertz CT molecular complexity index is 509. The van der Waals surface area contributed by atoms with Crippen LogP contribution in [-0.2, 0) is 10.0 Å². The van der Waals surface area contributed by atoms with E-state index in [4.69, 9.17) is 11.6 Å². The van der Waals surface area contributed by atoms with Gasteiger partial charge in [0.15, 0.2) is 0 Å². The van der Waals surface area contributed by atoms with Gasteiger partial charge in [0, 0.05) is 24.7 Å². The van der Waals surface area contributed by atoms with Gasteiger partial charge < -0.3 is 0 Å². The van der Waals surface area contributed by atoms with Gasteiger partial charge in [-0.2, -0.15) is 4.31 Å². The molecule has 0 aliphatic carbocycles. The molecule has 1 saturated heterocycles. The lowest BCUT2D eigenvalue weighted by atomic mass is 10.3. The van der Waals surface area contributed by atoms with Crippen molar-refractivity contribution in [2.45, 2.75) is 23.8 Å². The van der Waals surface area contributed by atoms with Gasteiger partial charge in [-0.05, 0) is 18.9 Å². The molecule has 1 unspecified atom stereocenters. The van der Waals surface area contributed by atoms with E-state index < -0.39 is 15.8 Å². The van der Waals surface area contributed by atoms with Crippen LogP contribution in [0.25, 0.3) is 0 Å². The van der Waals surface area contributed by atoms with Gasteiger partial charge in [0.25, 0.3) is 0 Å². The first-order valence-corrected chi connectivity index (χ1v) is 7.21. The van der Waals surface area contributed by atoms with E-state index in [0.29, 0.717) is 6.54 Å². The van der Waals surface area contributed by atoms with Crippen molar-refractivity contribution in [3.63, 3.8) is 0 Å². The predicted octanol–water partition coefficient (Wildman–Crippen LogP) is 1.61. The molecule has 1 aromatic rings. The van der Waals surface area contributed by atoms with Gasteiger partial charge in [-0.1, -0.05) is 0 Å². The maximum absolute atomic E-state index is 13.0. The van der Waals surface area contributed by atoms with Crippen molar-refractivity contribution in [2.24, 2.45) is 0 Å². The molecule has 0 aromatic carbocycles. The summed E-state index contributed by atoms with van der Waals surface area (Å²) in [5.74, 6) is -0.408. The summed E-state index contributed by atoms with van der Waals surface area (Å²) in [6.45, 7) is 0.427. The third-order valence-electron chi connectivity index (χ3n) is 2.79. The van der Waals surface area contributed by atoms with Crippen molar-refractivity contribution >= 4 is 21.6 Å². The summed E-state index contributed by atoms with van der Waals surface area (Å²) < 4.78 is 38.8. The van der Waals surface area contributed by atoms with Crippen molar-refractivity contribution in [1.29, 1.82) is 0 Å². The van der Waals surface area contributed by atoms with Crippen LogP contribution in [0, 0.1) is 5.82 Å². The summed E-state index contributed by atoms with van der Waals surface area (Å²) in [6, 6.07) is 0.774. The van der Waals surface area contributed by atoms with Crippen LogP contribution in [0.4, 0.5) is 4.39 Å². The van der Waals surface area contributed by atoms with Crippen LogP contribution >= 0.6 is 11.6 Å². The second-order valence-corrected chi connectivity index (χ2v) is 6.10. The zero-order chi connectivity index (χ0) is 12.5. The highest BCUT2D eigenvalue weighted by Crippen LogP contribution is 2.26. The topological polar surface area (TPSA) is 50.3 Å². The Hall–Kier alpha value is -0.720. The average Bonchev–Trinajstić information content (AvgIpc) is 2.77. The summed E-state index contributed by atoms with van der Waals surface area (Å²) in [7, 11) is -3.68. The van der Waals surface area contributed by atoms with Crippen LogP contribution in [0.15, 0.2) is 23.4 Å². The SMILES string of the molecule is O=S(=O)(c1cncc(F)c1)N1CCCC1CCl. The molecule has 0 radical (unpaired) electrons. The van der Waals surface area contributed by atoms with E-state index in [9.17, 15) is 12.8 Å². The molecule has 1 atom stereocenters. The molecule has 1 fully saturated rings. The number of pyridine rings is 1.